The highest BCUT2D eigenvalue weighted by atomic mass is 35.5. The van der Waals surface area contributed by atoms with Gasteiger partial charge in [0.25, 0.3) is 0 Å². The first kappa shape index (κ1) is 18.7. The maximum Gasteiger partial charge on any atom is 0.140 e. The number of phenols is 1. The van der Waals surface area contributed by atoms with Crippen molar-refractivity contribution in [2.75, 3.05) is 20.4 Å². The molecule has 3 N–H and O–H groups in total. The number of fused-ring (bicyclic) bond motifs is 5. The second-order valence-corrected chi connectivity index (χ2v) is 9.08. The van der Waals surface area contributed by atoms with E-state index in [0.29, 0.717) is 10.7 Å². The number of para-hydroxylation sites is 3. The minimum absolute atomic E-state index is 0.00388. The van der Waals surface area contributed by atoms with Crippen molar-refractivity contribution in [3.63, 3.8) is 0 Å². The van der Waals surface area contributed by atoms with Crippen LogP contribution in [0.25, 0.3) is 0 Å². The molecule has 3 aliphatic rings. The van der Waals surface area contributed by atoms with Crippen LogP contribution in [0.3, 0.4) is 0 Å². The number of aromatic hydroxyl groups is 1. The summed E-state index contributed by atoms with van der Waals surface area (Å²) in [5, 5.41) is 18.6. The lowest BCUT2D eigenvalue weighted by atomic mass is 9.88. The maximum atomic E-state index is 10.6. The van der Waals surface area contributed by atoms with E-state index in [1.54, 1.807) is 12.1 Å². The number of benzene rings is 4. The lowest BCUT2D eigenvalue weighted by molar-refractivity contribution is 0.430. The molecule has 6 heteroatoms. The van der Waals surface area contributed by atoms with E-state index in [1.165, 1.54) is 22.5 Å². The van der Waals surface area contributed by atoms with Gasteiger partial charge in [-0.1, -0.05) is 66.2 Å². The number of phenolic OH excluding ortho intramolecular Hbond substituents is 1. The molecule has 3 heterocycles. The van der Waals surface area contributed by atoms with Crippen LogP contribution in [0.2, 0.25) is 5.02 Å². The summed E-state index contributed by atoms with van der Waals surface area (Å²) >= 11 is 6.11. The van der Waals surface area contributed by atoms with E-state index < -0.39 is 0 Å². The standard InChI is InChI=1S/C27H21ClN4O/c28-16-13-14-21(24(33)15-16)30-26-19-9-3-6-12-23(19)31-25-18-8-2-5-11-22(18)32(26)27(31)17-7-1-4-10-20(17)29-25/h1-15,25-27,29-30,33H/t25-,26+,27?/m1/s1. The number of hydrogen-bond acceptors (Lipinski definition) is 5. The molecule has 3 aliphatic heterocycles. The summed E-state index contributed by atoms with van der Waals surface area (Å²) in [5.74, 6) is 0.135. The van der Waals surface area contributed by atoms with Crippen LogP contribution >= 0.6 is 11.6 Å². The van der Waals surface area contributed by atoms with Crippen LogP contribution in [-0.4, -0.2) is 5.11 Å². The molecule has 0 fully saturated rings. The van der Waals surface area contributed by atoms with Crippen LogP contribution in [-0.2, 0) is 0 Å². The van der Waals surface area contributed by atoms with Gasteiger partial charge in [-0.05, 0) is 30.3 Å². The minimum Gasteiger partial charge on any atom is -0.506 e. The molecule has 0 spiro atoms. The fourth-order valence-electron chi connectivity index (χ4n) is 5.53. The lowest BCUT2D eigenvalue weighted by Crippen LogP contribution is -2.58. The van der Waals surface area contributed by atoms with E-state index >= 15 is 0 Å². The Bertz CT molecular complexity index is 1410. The topological polar surface area (TPSA) is 50.8 Å². The maximum absolute atomic E-state index is 10.6. The Morgan fingerprint density at radius 2 is 1.42 bits per heavy atom. The Balaban J connectivity index is 1.49. The fraction of sp³-hybridized carbons (Fsp3) is 0.111. The fourth-order valence-corrected chi connectivity index (χ4v) is 5.70. The SMILES string of the molecule is Oc1cc(Cl)ccc1N[C@@H]1c2ccccc2N2C3c4ccccc4N[C@H]2c2ccccc2N31. The summed E-state index contributed by atoms with van der Waals surface area (Å²) in [6.07, 6.45) is -0.157. The number of hydrogen-bond donors (Lipinski definition) is 3. The second-order valence-electron chi connectivity index (χ2n) is 8.65. The molecular formula is C27H21ClN4O. The summed E-state index contributed by atoms with van der Waals surface area (Å²) < 4.78 is 0. The highest BCUT2D eigenvalue weighted by molar-refractivity contribution is 6.30. The molecule has 7 rings (SSSR count). The van der Waals surface area contributed by atoms with Gasteiger partial charge < -0.3 is 25.5 Å². The summed E-state index contributed by atoms with van der Waals surface area (Å²) in [6.45, 7) is 0. The average molecular weight is 453 g/mol. The van der Waals surface area contributed by atoms with Crippen molar-refractivity contribution in [1.29, 1.82) is 0 Å². The Hall–Kier alpha value is -3.83. The summed E-state index contributed by atoms with van der Waals surface area (Å²) in [7, 11) is 0. The van der Waals surface area contributed by atoms with Gasteiger partial charge in [0, 0.05) is 44.8 Å². The summed E-state index contributed by atoms with van der Waals surface area (Å²) in [4.78, 5) is 4.90. The van der Waals surface area contributed by atoms with Gasteiger partial charge in [0.2, 0.25) is 0 Å². The highest BCUT2D eigenvalue weighted by Crippen LogP contribution is 2.58. The molecule has 0 aromatic heterocycles. The van der Waals surface area contributed by atoms with Gasteiger partial charge in [-0.25, -0.2) is 0 Å². The van der Waals surface area contributed by atoms with E-state index in [4.69, 9.17) is 11.6 Å². The van der Waals surface area contributed by atoms with Crippen molar-refractivity contribution >= 4 is 34.4 Å². The normalized spacial score (nSPS) is 21.4. The van der Waals surface area contributed by atoms with Gasteiger partial charge in [-0.2, -0.15) is 0 Å². The van der Waals surface area contributed by atoms with Crippen molar-refractivity contribution < 1.29 is 5.11 Å². The van der Waals surface area contributed by atoms with Crippen LogP contribution in [0.4, 0.5) is 22.7 Å². The van der Waals surface area contributed by atoms with E-state index in [-0.39, 0.29) is 24.2 Å². The monoisotopic (exact) mass is 452 g/mol. The molecule has 0 radical (unpaired) electrons. The number of halogens is 1. The van der Waals surface area contributed by atoms with Crippen molar-refractivity contribution in [2.24, 2.45) is 0 Å². The average Bonchev–Trinajstić information content (AvgIpc) is 2.84. The van der Waals surface area contributed by atoms with Crippen molar-refractivity contribution in [3.8, 4) is 5.75 Å². The molecule has 4 bridgehead atoms. The summed E-state index contributed by atoms with van der Waals surface area (Å²) in [5.41, 5.74) is 7.75. The molecule has 0 aliphatic carbocycles. The first-order chi connectivity index (χ1) is 16.2. The zero-order valence-electron chi connectivity index (χ0n) is 17.6. The van der Waals surface area contributed by atoms with E-state index in [2.05, 4.69) is 93.2 Å². The van der Waals surface area contributed by atoms with Crippen molar-refractivity contribution in [1.82, 2.24) is 0 Å². The number of rotatable bonds is 2. The smallest absolute Gasteiger partial charge is 0.140 e. The Morgan fingerprint density at radius 1 is 0.758 bits per heavy atom. The Morgan fingerprint density at radius 3 is 2.21 bits per heavy atom. The van der Waals surface area contributed by atoms with Crippen LogP contribution in [0.15, 0.2) is 91.0 Å². The third-order valence-electron chi connectivity index (χ3n) is 6.89. The molecule has 33 heavy (non-hydrogen) atoms. The molecule has 1 unspecified atom stereocenters. The Labute approximate surface area is 196 Å². The molecule has 3 atom stereocenters. The van der Waals surface area contributed by atoms with Crippen molar-refractivity contribution in [2.45, 2.75) is 18.5 Å². The lowest BCUT2D eigenvalue weighted by Gasteiger charge is -2.60. The van der Waals surface area contributed by atoms with Gasteiger partial charge in [0.05, 0.1) is 5.69 Å². The predicted octanol–water partition coefficient (Wildman–Crippen LogP) is 6.62. The van der Waals surface area contributed by atoms with Crippen LogP contribution in [0.5, 0.6) is 5.75 Å². The largest absolute Gasteiger partial charge is 0.506 e. The van der Waals surface area contributed by atoms with Crippen LogP contribution in [0.1, 0.15) is 35.2 Å². The predicted molar refractivity (Wildman–Crippen MR) is 133 cm³/mol. The van der Waals surface area contributed by atoms with Gasteiger partial charge >= 0.3 is 0 Å². The third kappa shape index (κ3) is 2.60. The quantitative estimate of drug-likeness (QED) is 0.298. The van der Waals surface area contributed by atoms with Gasteiger partial charge in [-0.15, -0.1) is 0 Å². The number of anilines is 4. The number of nitrogens with zero attached hydrogens (tertiary/aromatic N) is 2. The highest BCUT2D eigenvalue weighted by Gasteiger charge is 2.50. The molecular weight excluding hydrogens is 432 g/mol. The Kier molecular flexibility index (Phi) is 3.87. The molecule has 5 nitrogen and oxygen atoms in total. The van der Waals surface area contributed by atoms with Crippen LogP contribution < -0.4 is 20.4 Å². The van der Waals surface area contributed by atoms with E-state index in [9.17, 15) is 5.11 Å². The van der Waals surface area contributed by atoms with Gasteiger partial charge in [0.15, 0.2) is 0 Å². The second kappa shape index (κ2) is 6.83. The molecule has 0 amide bonds. The molecule has 4 aromatic carbocycles. The molecule has 0 saturated carbocycles. The van der Waals surface area contributed by atoms with Crippen molar-refractivity contribution in [3.05, 3.63) is 113 Å². The first-order valence-electron chi connectivity index (χ1n) is 11.1. The molecule has 4 aromatic rings. The van der Waals surface area contributed by atoms with Gasteiger partial charge in [-0.3, -0.25) is 0 Å². The van der Waals surface area contributed by atoms with Gasteiger partial charge in [0.1, 0.15) is 24.2 Å². The molecule has 0 saturated heterocycles. The van der Waals surface area contributed by atoms with E-state index in [1.807, 2.05) is 6.07 Å². The zero-order chi connectivity index (χ0) is 22.1. The number of nitrogens with one attached hydrogen (secondary N) is 2. The summed E-state index contributed by atoms with van der Waals surface area (Å²) in [6, 6.07) is 30.8. The molecule has 162 valence electrons. The zero-order valence-corrected chi connectivity index (χ0v) is 18.4. The third-order valence-corrected chi connectivity index (χ3v) is 7.12. The van der Waals surface area contributed by atoms with E-state index in [0.717, 1.165) is 11.3 Å². The minimum atomic E-state index is -0.192. The first-order valence-corrected chi connectivity index (χ1v) is 11.4. The van der Waals surface area contributed by atoms with Crippen LogP contribution in [0, 0.1) is 0 Å².